The first-order valence-corrected chi connectivity index (χ1v) is 14.6. The normalized spacial score (nSPS) is 17.3. The molecule has 0 spiro atoms. The molecule has 0 atom stereocenters. The maximum absolute atomic E-state index is 13.2. The van der Waals surface area contributed by atoms with Gasteiger partial charge in [-0.1, -0.05) is 12.8 Å². The lowest BCUT2D eigenvalue weighted by Crippen LogP contribution is -2.51. The van der Waals surface area contributed by atoms with Gasteiger partial charge in [-0.15, -0.1) is 11.3 Å². The van der Waals surface area contributed by atoms with E-state index in [9.17, 15) is 17.6 Å². The molecule has 1 fully saturated rings. The fourth-order valence-corrected chi connectivity index (χ4v) is 7.54. The van der Waals surface area contributed by atoms with Gasteiger partial charge in [-0.25, -0.2) is 17.6 Å². The van der Waals surface area contributed by atoms with Gasteiger partial charge >= 0.3 is 5.97 Å². The number of rotatable bonds is 5. The Morgan fingerprint density at radius 3 is 2.40 bits per heavy atom. The van der Waals surface area contributed by atoms with Crippen LogP contribution in [-0.4, -0.2) is 61.5 Å². The van der Waals surface area contributed by atoms with E-state index in [4.69, 9.17) is 17.0 Å². The number of aryl methyl sites for hydroxylation is 1. The van der Waals surface area contributed by atoms with Crippen molar-refractivity contribution in [1.82, 2.24) is 9.21 Å². The van der Waals surface area contributed by atoms with Crippen LogP contribution in [0.5, 0.6) is 0 Å². The molecule has 0 unspecified atom stereocenters. The summed E-state index contributed by atoms with van der Waals surface area (Å²) in [4.78, 5) is 16.1. The van der Waals surface area contributed by atoms with Crippen molar-refractivity contribution < 1.29 is 22.3 Å². The number of ether oxygens (including phenoxy) is 1. The zero-order valence-corrected chi connectivity index (χ0v) is 22.2. The number of piperazine rings is 1. The first kappa shape index (κ1) is 26.0. The third-order valence-corrected chi connectivity index (χ3v) is 9.83. The van der Waals surface area contributed by atoms with Gasteiger partial charge in [-0.05, 0) is 74.7 Å². The van der Waals surface area contributed by atoms with Crippen LogP contribution in [0.3, 0.4) is 0 Å². The summed E-state index contributed by atoms with van der Waals surface area (Å²) in [6.45, 7) is 3.43. The van der Waals surface area contributed by atoms with Crippen LogP contribution >= 0.6 is 23.6 Å². The maximum atomic E-state index is 13.2. The molecule has 0 amide bonds. The van der Waals surface area contributed by atoms with Crippen molar-refractivity contribution in [3.05, 3.63) is 46.1 Å². The number of nitrogens with zero attached hydrogens (tertiary/aromatic N) is 2. The molecule has 7 nitrogen and oxygen atoms in total. The summed E-state index contributed by atoms with van der Waals surface area (Å²) in [5, 5.41) is 4.45. The van der Waals surface area contributed by atoms with Crippen LogP contribution in [0.4, 0.5) is 9.39 Å². The van der Waals surface area contributed by atoms with E-state index in [0.29, 0.717) is 35.4 Å². The number of thiocarbonyl (C=S) groups is 1. The molecule has 190 valence electrons. The number of sulfonamides is 1. The van der Waals surface area contributed by atoms with Crippen LogP contribution in [0.15, 0.2) is 29.2 Å². The summed E-state index contributed by atoms with van der Waals surface area (Å²) in [6, 6.07) is 4.86. The highest BCUT2D eigenvalue weighted by Gasteiger charge is 2.31. The second-order valence-corrected chi connectivity index (χ2v) is 12.0. The molecule has 2 heterocycles. The van der Waals surface area contributed by atoms with Crippen molar-refractivity contribution in [3.8, 4) is 0 Å². The summed E-state index contributed by atoms with van der Waals surface area (Å²) < 4.78 is 45.8. The van der Waals surface area contributed by atoms with E-state index < -0.39 is 15.8 Å². The molecule has 0 saturated carbocycles. The average molecular weight is 540 g/mol. The minimum absolute atomic E-state index is 0.0723. The van der Waals surface area contributed by atoms with E-state index >= 15 is 0 Å². The average Bonchev–Trinajstić information content (AvgIpc) is 3.15. The number of hydrogen-bond donors (Lipinski definition) is 1. The van der Waals surface area contributed by atoms with E-state index in [1.807, 2.05) is 4.90 Å². The maximum Gasteiger partial charge on any atom is 0.341 e. The van der Waals surface area contributed by atoms with Crippen molar-refractivity contribution in [1.29, 1.82) is 0 Å². The number of hydrogen-bond acceptors (Lipinski definition) is 6. The summed E-state index contributed by atoms with van der Waals surface area (Å²) in [5.74, 6) is -0.806. The number of carbonyl (C=O) groups is 1. The Hall–Kier alpha value is -2.08. The molecule has 1 aromatic heterocycles. The second kappa shape index (κ2) is 11.3. The van der Waals surface area contributed by atoms with Gasteiger partial charge in [-0.3, -0.25) is 0 Å². The lowest BCUT2D eigenvalue weighted by atomic mass is 9.96. The predicted molar refractivity (Wildman–Crippen MR) is 139 cm³/mol. The van der Waals surface area contributed by atoms with Crippen molar-refractivity contribution in [2.24, 2.45) is 0 Å². The lowest BCUT2D eigenvalue weighted by Gasteiger charge is -2.35. The molecule has 35 heavy (non-hydrogen) atoms. The fourth-order valence-electron chi connectivity index (χ4n) is 4.49. The Bertz CT molecular complexity index is 1170. The Kier molecular flexibility index (Phi) is 8.41. The Labute approximate surface area is 215 Å². The molecule has 0 radical (unpaired) electrons. The molecule has 1 saturated heterocycles. The number of carbonyl (C=O) groups excluding carboxylic acids is 1. The quantitative estimate of drug-likeness (QED) is 0.445. The third-order valence-electron chi connectivity index (χ3n) is 6.35. The number of anilines is 1. The van der Waals surface area contributed by atoms with Gasteiger partial charge in [0.05, 0.1) is 17.1 Å². The lowest BCUT2D eigenvalue weighted by molar-refractivity contribution is 0.0526. The molecular weight excluding hydrogens is 509 g/mol. The monoisotopic (exact) mass is 539 g/mol. The van der Waals surface area contributed by atoms with Gasteiger partial charge < -0.3 is 15.0 Å². The number of fused-ring (bicyclic) bond motifs is 1. The summed E-state index contributed by atoms with van der Waals surface area (Å²) >= 11 is 7.23. The molecule has 1 aromatic carbocycles. The standard InChI is InChI=1S/C24H30FN3O4S3/c1-2-32-23(29)21-19-7-5-3-4-6-8-20(19)34-22(21)26-24(33)27-13-15-28(16-14-27)35(30,31)18-11-9-17(25)10-12-18/h9-12H,2-8,13-16H2,1H3,(H,26,33). The van der Waals surface area contributed by atoms with E-state index in [-0.39, 0.29) is 24.0 Å². The summed E-state index contributed by atoms with van der Waals surface area (Å²) in [7, 11) is -3.70. The molecule has 0 bridgehead atoms. The van der Waals surface area contributed by atoms with E-state index in [1.165, 1.54) is 27.7 Å². The molecule has 2 aromatic rings. The third kappa shape index (κ3) is 5.84. The SMILES string of the molecule is CCOC(=O)c1c(NC(=S)N2CCN(S(=O)(=O)c3ccc(F)cc3)CC2)sc2c1CCCCCC2. The van der Waals surface area contributed by atoms with Gasteiger partial charge in [0.2, 0.25) is 10.0 Å². The first-order chi connectivity index (χ1) is 16.8. The first-order valence-electron chi connectivity index (χ1n) is 11.9. The van der Waals surface area contributed by atoms with E-state index in [2.05, 4.69) is 5.32 Å². The summed E-state index contributed by atoms with van der Waals surface area (Å²) in [5.41, 5.74) is 1.67. The number of thiophene rings is 1. The summed E-state index contributed by atoms with van der Waals surface area (Å²) in [6.07, 6.45) is 6.30. The number of esters is 1. The highest BCUT2D eigenvalue weighted by atomic mass is 32.2. The molecule has 2 aliphatic rings. The van der Waals surface area contributed by atoms with Gasteiger partial charge in [0.15, 0.2) is 5.11 Å². The molecule has 4 rings (SSSR count). The van der Waals surface area contributed by atoms with Gasteiger partial charge in [0, 0.05) is 31.1 Å². The van der Waals surface area contributed by atoms with E-state index in [0.717, 1.165) is 49.8 Å². The predicted octanol–water partition coefficient (Wildman–Crippen LogP) is 4.43. The number of benzene rings is 1. The van der Waals surface area contributed by atoms with Crippen LogP contribution in [0.1, 0.15) is 53.4 Å². The smallest absolute Gasteiger partial charge is 0.341 e. The van der Waals surface area contributed by atoms with Crippen LogP contribution in [0.2, 0.25) is 0 Å². The van der Waals surface area contributed by atoms with Crippen LogP contribution in [-0.2, 0) is 27.6 Å². The Morgan fingerprint density at radius 2 is 1.74 bits per heavy atom. The number of nitrogens with one attached hydrogen (secondary N) is 1. The van der Waals surface area contributed by atoms with Crippen molar-refractivity contribution >= 4 is 49.7 Å². The highest BCUT2D eigenvalue weighted by Crippen LogP contribution is 2.38. The van der Waals surface area contributed by atoms with Crippen LogP contribution in [0.25, 0.3) is 0 Å². The van der Waals surface area contributed by atoms with Crippen molar-refractivity contribution in [3.63, 3.8) is 0 Å². The van der Waals surface area contributed by atoms with Crippen molar-refractivity contribution in [2.45, 2.75) is 50.3 Å². The minimum atomic E-state index is -3.70. The van der Waals surface area contributed by atoms with E-state index in [1.54, 1.807) is 18.3 Å². The zero-order valence-electron chi connectivity index (χ0n) is 19.7. The Morgan fingerprint density at radius 1 is 1.09 bits per heavy atom. The number of halogens is 1. The molecule has 1 aliphatic carbocycles. The molecule has 1 N–H and O–H groups in total. The molecular formula is C24H30FN3O4S3. The van der Waals surface area contributed by atoms with Gasteiger partial charge in [-0.2, -0.15) is 4.31 Å². The zero-order chi connectivity index (χ0) is 25.0. The minimum Gasteiger partial charge on any atom is -0.462 e. The Balaban J connectivity index is 1.46. The van der Waals surface area contributed by atoms with Crippen molar-refractivity contribution in [2.75, 3.05) is 38.1 Å². The van der Waals surface area contributed by atoms with Crippen LogP contribution in [0, 0.1) is 5.82 Å². The largest absolute Gasteiger partial charge is 0.462 e. The topological polar surface area (TPSA) is 79.0 Å². The molecule has 1 aliphatic heterocycles. The molecule has 11 heteroatoms. The van der Waals surface area contributed by atoms with Gasteiger partial charge in [0.1, 0.15) is 10.8 Å². The van der Waals surface area contributed by atoms with Gasteiger partial charge in [0.25, 0.3) is 0 Å². The highest BCUT2D eigenvalue weighted by molar-refractivity contribution is 7.89. The van der Waals surface area contributed by atoms with Crippen LogP contribution < -0.4 is 5.32 Å². The fraction of sp³-hybridized carbons (Fsp3) is 0.500. The second-order valence-electron chi connectivity index (χ2n) is 8.62.